The first-order valence-electron chi connectivity index (χ1n) is 5.20. The molecule has 4 N–H and O–H groups in total. The number of nitrogens with two attached hydrogens (primary N) is 2. The van der Waals surface area contributed by atoms with E-state index < -0.39 is 0 Å². The fraction of sp³-hybridized carbons (Fsp3) is 0.900. The molecule has 1 unspecified atom stereocenters. The minimum Gasteiger partial charge on any atom is -0.370 e. The summed E-state index contributed by atoms with van der Waals surface area (Å²) in [4.78, 5) is 10.4. The Hall–Kier alpha value is -0.570. The van der Waals surface area contributed by atoms with Gasteiger partial charge in [0.1, 0.15) is 0 Å². The molecule has 0 radical (unpaired) electrons. The molecular weight excluding hydrogens is 164 g/mol. The van der Waals surface area contributed by atoms with Gasteiger partial charge in [-0.15, -0.1) is 0 Å². The van der Waals surface area contributed by atoms with E-state index in [4.69, 9.17) is 11.5 Å². The van der Waals surface area contributed by atoms with E-state index in [-0.39, 0.29) is 5.91 Å². The predicted octanol–water partition coefficient (Wildman–Crippen LogP) is 1.55. The lowest BCUT2D eigenvalue weighted by Gasteiger charge is -2.09. The highest BCUT2D eigenvalue weighted by atomic mass is 16.1. The van der Waals surface area contributed by atoms with Crippen LogP contribution >= 0.6 is 0 Å². The largest absolute Gasteiger partial charge is 0.370 e. The second-order valence-electron chi connectivity index (χ2n) is 3.61. The van der Waals surface area contributed by atoms with Crippen molar-refractivity contribution in [2.75, 3.05) is 0 Å². The lowest BCUT2D eigenvalue weighted by atomic mass is 10.0. The molecule has 0 aromatic rings. The van der Waals surface area contributed by atoms with Crippen LogP contribution in [0.25, 0.3) is 0 Å². The first kappa shape index (κ1) is 12.4. The van der Waals surface area contributed by atoms with Gasteiger partial charge in [0, 0.05) is 12.5 Å². The zero-order valence-electron chi connectivity index (χ0n) is 8.59. The summed E-state index contributed by atoms with van der Waals surface area (Å²) < 4.78 is 0. The van der Waals surface area contributed by atoms with Crippen LogP contribution in [-0.2, 0) is 4.79 Å². The summed E-state index contributed by atoms with van der Waals surface area (Å²) in [6.45, 7) is 2.17. The van der Waals surface area contributed by atoms with E-state index in [1.165, 1.54) is 12.8 Å². The molecule has 0 bridgehead atoms. The zero-order valence-corrected chi connectivity index (χ0v) is 8.59. The summed E-state index contributed by atoms with van der Waals surface area (Å²) >= 11 is 0. The van der Waals surface area contributed by atoms with Crippen molar-refractivity contribution in [2.45, 2.75) is 57.9 Å². The van der Waals surface area contributed by atoms with E-state index in [0.717, 1.165) is 25.7 Å². The number of hydrogen-bond donors (Lipinski definition) is 2. The number of carbonyl (C=O) groups is 1. The molecule has 0 saturated carbocycles. The number of hydrogen-bond acceptors (Lipinski definition) is 2. The molecule has 0 aliphatic rings. The molecule has 3 heteroatoms. The molecule has 0 aliphatic heterocycles. The average molecular weight is 186 g/mol. The van der Waals surface area contributed by atoms with Gasteiger partial charge in [0.15, 0.2) is 0 Å². The Morgan fingerprint density at radius 1 is 1.23 bits per heavy atom. The van der Waals surface area contributed by atoms with Gasteiger partial charge in [-0.05, 0) is 19.3 Å². The van der Waals surface area contributed by atoms with E-state index in [0.29, 0.717) is 12.5 Å². The summed E-state index contributed by atoms with van der Waals surface area (Å²) in [5, 5.41) is 0. The monoisotopic (exact) mass is 186 g/mol. The van der Waals surface area contributed by atoms with Gasteiger partial charge in [-0.3, -0.25) is 4.79 Å². The summed E-state index contributed by atoms with van der Waals surface area (Å²) in [7, 11) is 0. The fourth-order valence-electron chi connectivity index (χ4n) is 1.32. The van der Waals surface area contributed by atoms with Gasteiger partial charge in [-0.1, -0.05) is 26.2 Å². The highest BCUT2D eigenvalue weighted by Gasteiger charge is 2.01. The fourth-order valence-corrected chi connectivity index (χ4v) is 1.32. The van der Waals surface area contributed by atoms with Crippen LogP contribution < -0.4 is 11.5 Å². The van der Waals surface area contributed by atoms with Crippen LogP contribution in [0.2, 0.25) is 0 Å². The molecule has 3 nitrogen and oxygen atoms in total. The Morgan fingerprint density at radius 2 is 1.85 bits per heavy atom. The third-order valence-corrected chi connectivity index (χ3v) is 2.18. The summed E-state index contributed by atoms with van der Waals surface area (Å²) in [5.41, 5.74) is 10.9. The van der Waals surface area contributed by atoms with Crippen molar-refractivity contribution in [3.63, 3.8) is 0 Å². The summed E-state index contributed by atoms with van der Waals surface area (Å²) in [6.07, 6.45) is 6.94. The number of carbonyl (C=O) groups excluding carboxylic acids is 1. The van der Waals surface area contributed by atoms with Gasteiger partial charge in [0.2, 0.25) is 5.91 Å². The van der Waals surface area contributed by atoms with Gasteiger partial charge in [-0.2, -0.15) is 0 Å². The minimum absolute atomic E-state index is 0.206. The Labute approximate surface area is 80.9 Å². The van der Waals surface area contributed by atoms with Crippen LogP contribution in [0.3, 0.4) is 0 Å². The van der Waals surface area contributed by atoms with Gasteiger partial charge < -0.3 is 11.5 Å². The van der Waals surface area contributed by atoms with Gasteiger partial charge in [-0.25, -0.2) is 0 Å². The maximum Gasteiger partial charge on any atom is 0.217 e. The predicted molar refractivity (Wildman–Crippen MR) is 55.2 cm³/mol. The number of amides is 1. The maximum absolute atomic E-state index is 10.4. The lowest BCUT2D eigenvalue weighted by Crippen LogP contribution is -2.19. The first-order chi connectivity index (χ1) is 6.16. The molecule has 1 amide bonds. The van der Waals surface area contributed by atoms with Crippen LogP contribution in [0.5, 0.6) is 0 Å². The summed E-state index contributed by atoms with van der Waals surface area (Å²) in [5.74, 6) is -0.206. The molecule has 0 saturated heterocycles. The standard InChI is InChI=1S/C10H22N2O/c1-2-3-6-9(11)7-4-5-8-10(12)13/h9H,2-8,11H2,1H3,(H2,12,13). The Morgan fingerprint density at radius 3 is 2.38 bits per heavy atom. The Kier molecular flexibility index (Phi) is 7.69. The smallest absolute Gasteiger partial charge is 0.217 e. The highest BCUT2D eigenvalue weighted by Crippen LogP contribution is 2.07. The third-order valence-electron chi connectivity index (χ3n) is 2.18. The number of rotatable bonds is 8. The van der Waals surface area contributed by atoms with Crippen molar-refractivity contribution >= 4 is 5.91 Å². The first-order valence-corrected chi connectivity index (χ1v) is 5.20. The molecule has 78 valence electrons. The van der Waals surface area contributed by atoms with Crippen molar-refractivity contribution in [3.05, 3.63) is 0 Å². The van der Waals surface area contributed by atoms with E-state index in [2.05, 4.69) is 6.92 Å². The highest BCUT2D eigenvalue weighted by molar-refractivity contribution is 5.73. The normalized spacial score (nSPS) is 12.8. The van der Waals surface area contributed by atoms with Gasteiger partial charge in [0.25, 0.3) is 0 Å². The molecule has 0 spiro atoms. The molecule has 0 aromatic heterocycles. The Bertz CT molecular complexity index is 137. The number of unbranched alkanes of at least 4 members (excludes halogenated alkanes) is 2. The van der Waals surface area contributed by atoms with E-state index >= 15 is 0 Å². The van der Waals surface area contributed by atoms with Crippen molar-refractivity contribution in [1.82, 2.24) is 0 Å². The molecule has 0 fully saturated rings. The molecule has 13 heavy (non-hydrogen) atoms. The molecule has 0 rings (SSSR count). The van der Waals surface area contributed by atoms with Gasteiger partial charge >= 0.3 is 0 Å². The van der Waals surface area contributed by atoms with E-state index in [1.807, 2.05) is 0 Å². The third kappa shape index (κ3) is 9.34. The molecule has 0 aliphatic carbocycles. The van der Waals surface area contributed by atoms with Crippen molar-refractivity contribution in [1.29, 1.82) is 0 Å². The van der Waals surface area contributed by atoms with Crippen LogP contribution in [0.1, 0.15) is 51.9 Å². The van der Waals surface area contributed by atoms with Crippen LogP contribution in [-0.4, -0.2) is 11.9 Å². The van der Waals surface area contributed by atoms with E-state index in [9.17, 15) is 4.79 Å². The second-order valence-corrected chi connectivity index (χ2v) is 3.61. The van der Waals surface area contributed by atoms with Crippen molar-refractivity contribution in [3.8, 4) is 0 Å². The topological polar surface area (TPSA) is 69.1 Å². The van der Waals surface area contributed by atoms with Gasteiger partial charge in [0.05, 0.1) is 0 Å². The molecular formula is C10H22N2O. The van der Waals surface area contributed by atoms with Crippen LogP contribution in [0.4, 0.5) is 0 Å². The van der Waals surface area contributed by atoms with E-state index in [1.54, 1.807) is 0 Å². The van der Waals surface area contributed by atoms with Crippen molar-refractivity contribution < 1.29 is 4.79 Å². The zero-order chi connectivity index (χ0) is 10.1. The lowest BCUT2D eigenvalue weighted by molar-refractivity contribution is -0.118. The Balaban J connectivity index is 3.16. The molecule has 0 aromatic carbocycles. The maximum atomic E-state index is 10.4. The minimum atomic E-state index is -0.206. The molecule has 0 heterocycles. The van der Waals surface area contributed by atoms with Crippen molar-refractivity contribution in [2.24, 2.45) is 11.5 Å². The number of primary amides is 1. The SMILES string of the molecule is CCCCC(N)CCCCC(N)=O. The quantitative estimate of drug-likeness (QED) is 0.565. The molecule has 1 atom stereocenters. The van der Waals surface area contributed by atoms with Crippen LogP contribution in [0.15, 0.2) is 0 Å². The average Bonchev–Trinajstić information content (AvgIpc) is 2.08. The summed E-state index contributed by atoms with van der Waals surface area (Å²) in [6, 6.07) is 0.313. The van der Waals surface area contributed by atoms with Crippen LogP contribution in [0, 0.1) is 0 Å². The second kappa shape index (κ2) is 8.05.